The summed E-state index contributed by atoms with van der Waals surface area (Å²) in [6.07, 6.45) is 3.14. The second-order valence-electron chi connectivity index (χ2n) is 4.88. The molecule has 0 atom stereocenters. The normalized spacial score (nSPS) is 15.3. The molecular formula is C17H16O. The largest absolute Gasteiger partial charge is 0.507 e. The predicted octanol–water partition coefficient (Wildman–Crippen LogP) is 4.67. The molecule has 1 heteroatoms. The molecule has 0 saturated heterocycles. The van der Waals surface area contributed by atoms with Crippen molar-refractivity contribution in [2.24, 2.45) is 0 Å². The first-order valence-corrected chi connectivity index (χ1v) is 6.26. The summed E-state index contributed by atoms with van der Waals surface area (Å²) in [5, 5.41) is 12.5. The van der Waals surface area contributed by atoms with Crippen molar-refractivity contribution in [2.45, 2.75) is 20.3 Å². The molecule has 0 spiro atoms. The molecule has 0 saturated carbocycles. The van der Waals surface area contributed by atoms with Crippen molar-refractivity contribution in [3.63, 3.8) is 0 Å². The Balaban J connectivity index is 2.23. The minimum absolute atomic E-state index is 0.408. The molecule has 0 radical (unpaired) electrons. The Morgan fingerprint density at radius 1 is 1.00 bits per heavy atom. The van der Waals surface area contributed by atoms with Crippen molar-refractivity contribution in [2.75, 3.05) is 0 Å². The maximum absolute atomic E-state index is 10.5. The van der Waals surface area contributed by atoms with Gasteiger partial charge >= 0.3 is 0 Å². The maximum Gasteiger partial charge on any atom is 0.130 e. The van der Waals surface area contributed by atoms with E-state index in [4.69, 9.17) is 0 Å². The molecule has 2 aromatic rings. The first-order valence-electron chi connectivity index (χ1n) is 6.26. The summed E-state index contributed by atoms with van der Waals surface area (Å²) in [5.41, 5.74) is 4.83. The summed E-state index contributed by atoms with van der Waals surface area (Å²) >= 11 is 0. The second kappa shape index (κ2) is 4.02. The zero-order valence-corrected chi connectivity index (χ0v) is 10.7. The third kappa shape index (κ3) is 1.55. The van der Waals surface area contributed by atoms with Gasteiger partial charge in [-0.25, -0.2) is 0 Å². The molecule has 2 aromatic carbocycles. The Morgan fingerprint density at radius 3 is 2.50 bits per heavy atom. The van der Waals surface area contributed by atoms with Crippen LogP contribution < -0.4 is 0 Å². The van der Waals surface area contributed by atoms with Crippen molar-refractivity contribution in [3.8, 4) is 5.75 Å². The van der Waals surface area contributed by atoms with E-state index in [2.05, 4.69) is 26.0 Å². The highest BCUT2D eigenvalue weighted by atomic mass is 16.3. The second-order valence-corrected chi connectivity index (χ2v) is 4.88. The highest BCUT2D eigenvalue weighted by Crippen LogP contribution is 2.40. The number of phenolic OH excluding ortho intramolecular Hbond substituents is 1. The van der Waals surface area contributed by atoms with Crippen LogP contribution in [0.25, 0.3) is 16.3 Å². The average Bonchev–Trinajstić information content (AvgIpc) is 2.71. The summed E-state index contributed by atoms with van der Waals surface area (Å²) in [4.78, 5) is 0. The number of hydrogen-bond donors (Lipinski definition) is 1. The van der Waals surface area contributed by atoms with Gasteiger partial charge in [0.05, 0.1) is 0 Å². The van der Waals surface area contributed by atoms with Crippen LogP contribution in [0, 0.1) is 0 Å². The van der Waals surface area contributed by atoms with E-state index in [9.17, 15) is 5.11 Å². The Labute approximate surface area is 107 Å². The lowest BCUT2D eigenvalue weighted by Gasteiger charge is -2.10. The fraction of sp³-hybridized carbons (Fsp3) is 0.176. The van der Waals surface area contributed by atoms with Gasteiger partial charge in [0.25, 0.3) is 0 Å². The predicted molar refractivity (Wildman–Crippen MR) is 76.6 cm³/mol. The zero-order valence-electron chi connectivity index (χ0n) is 10.7. The Hall–Kier alpha value is -2.02. The van der Waals surface area contributed by atoms with E-state index in [1.165, 1.54) is 16.7 Å². The summed E-state index contributed by atoms with van der Waals surface area (Å²) < 4.78 is 0. The van der Waals surface area contributed by atoms with E-state index >= 15 is 0 Å². The molecule has 0 amide bonds. The van der Waals surface area contributed by atoms with Crippen LogP contribution in [-0.4, -0.2) is 5.11 Å². The van der Waals surface area contributed by atoms with Crippen molar-refractivity contribution >= 4 is 16.3 Å². The summed E-state index contributed by atoms with van der Waals surface area (Å²) in [7, 11) is 0. The van der Waals surface area contributed by atoms with E-state index < -0.39 is 0 Å². The molecule has 0 aromatic heterocycles. The quantitative estimate of drug-likeness (QED) is 0.763. The van der Waals surface area contributed by atoms with Crippen LogP contribution in [-0.2, 0) is 0 Å². The van der Waals surface area contributed by atoms with Crippen molar-refractivity contribution < 1.29 is 5.11 Å². The number of fused-ring (bicyclic) bond motifs is 1. The molecule has 0 heterocycles. The monoisotopic (exact) mass is 236 g/mol. The van der Waals surface area contributed by atoms with Crippen LogP contribution in [0.2, 0.25) is 0 Å². The van der Waals surface area contributed by atoms with Gasteiger partial charge in [0, 0.05) is 10.9 Å². The highest BCUT2D eigenvalue weighted by molar-refractivity contribution is 5.94. The molecule has 1 aliphatic rings. The summed E-state index contributed by atoms with van der Waals surface area (Å²) in [5.74, 6) is 0.408. The van der Waals surface area contributed by atoms with Crippen LogP contribution >= 0.6 is 0 Å². The van der Waals surface area contributed by atoms with Crippen LogP contribution in [0.5, 0.6) is 5.75 Å². The molecule has 3 rings (SSSR count). The van der Waals surface area contributed by atoms with Crippen molar-refractivity contribution in [3.05, 3.63) is 59.2 Å². The lowest BCUT2D eigenvalue weighted by molar-refractivity contribution is 0.480. The number of benzene rings is 2. The van der Waals surface area contributed by atoms with E-state index in [0.29, 0.717) is 5.75 Å². The van der Waals surface area contributed by atoms with Gasteiger partial charge < -0.3 is 5.11 Å². The van der Waals surface area contributed by atoms with Gasteiger partial charge in [-0.3, -0.25) is 0 Å². The third-order valence-corrected chi connectivity index (χ3v) is 3.88. The Bertz CT molecular complexity index is 690. The molecule has 0 bridgehead atoms. The minimum Gasteiger partial charge on any atom is -0.507 e. The third-order valence-electron chi connectivity index (χ3n) is 3.88. The smallest absolute Gasteiger partial charge is 0.130 e. The molecule has 0 unspecified atom stereocenters. The summed E-state index contributed by atoms with van der Waals surface area (Å²) in [6, 6.07) is 12.1. The fourth-order valence-electron chi connectivity index (χ4n) is 2.61. The minimum atomic E-state index is 0.408. The molecule has 1 aliphatic carbocycles. The molecule has 1 N–H and O–H groups in total. The molecule has 18 heavy (non-hydrogen) atoms. The number of phenols is 1. The first kappa shape index (κ1) is 11.1. The van der Waals surface area contributed by atoms with Crippen LogP contribution in [0.4, 0.5) is 0 Å². The van der Waals surface area contributed by atoms with E-state index in [0.717, 1.165) is 22.8 Å². The van der Waals surface area contributed by atoms with Crippen LogP contribution in [0.15, 0.2) is 53.6 Å². The first-order chi connectivity index (χ1) is 8.68. The molecular weight excluding hydrogens is 220 g/mol. The topological polar surface area (TPSA) is 20.2 Å². The SMILES string of the molecule is CC1=CCC(c2ccc3ccccc3c2O)=C1C. The number of hydrogen-bond acceptors (Lipinski definition) is 1. The number of aromatic hydroxyl groups is 1. The van der Waals surface area contributed by atoms with Gasteiger partial charge in [-0.05, 0) is 36.8 Å². The van der Waals surface area contributed by atoms with Crippen molar-refractivity contribution in [1.82, 2.24) is 0 Å². The van der Waals surface area contributed by atoms with E-state index in [-0.39, 0.29) is 0 Å². The molecule has 0 fully saturated rings. The van der Waals surface area contributed by atoms with E-state index in [1.54, 1.807) is 0 Å². The highest BCUT2D eigenvalue weighted by Gasteiger charge is 2.16. The fourth-order valence-corrected chi connectivity index (χ4v) is 2.61. The van der Waals surface area contributed by atoms with Gasteiger partial charge in [-0.2, -0.15) is 0 Å². The maximum atomic E-state index is 10.5. The average molecular weight is 236 g/mol. The van der Waals surface area contributed by atoms with E-state index in [1.807, 2.05) is 30.3 Å². The standard InChI is InChI=1S/C17H16O/c1-11-7-9-14(12(11)2)16-10-8-13-5-3-4-6-15(13)17(16)18/h3-8,10,18H,9H2,1-2H3. The zero-order chi connectivity index (χ0) is 12.7. The van der Waals surface area contributed by atoms with Gasteiger partial charge in [0.2, 0.25) is 0 Å². The lowest BCUT2D eigenvalue weighted by atomic mass is 9.96. The Morgan fingerprint density at radius 2 is 1.78 bits per heavy atom. The van der Waals surface area contributed by atoms with Crippen molar-refractivity contribution in [1.29, 1.82) is 0 Å². The Kier molecular flexibility index (Phi) is 2.48. The van der Waals surface area contributed by atoms with Crippen LogP contribution in [0.3, 0.4) is 0 Å². The summed E-state index contributed by atoms with van der Waals surface area (Å²) in [6.45, 7) is 4.25. The van der Waals surface area contributed by atoms with Gasteiger partial charge in [0.15, 0.2) is 0 Å². The molecule has 0 aliphatic heterocycles. The number of rotatable bonds is 1. The molecule has 1 nitrogen and oxygen atoms in total. The lowest BCUT2D eigenvalue weighted by Crippen LogP contribution is -1.87. The van der Waals surface area contributed by atoms with Gasteiger partial charge in [-0.1, -0.05) is 48.0 Å². The van der Waals surface area contributed by atoms with Crippen LogP contribution in [0.1, 0.15) is 25.8 Å². The molecule has 90 valence electrons. The number of allylic oxidation sites excluding steroid dienone is 4. The van der Waals surface area contributed by atoms with Gasteiger partial charge in [0.1, 0.15) is 5.75 Å². The van der Waals surface area contributed by atoms with Gasteiger partial charge in [-0.15, -0.1) is 0 Å².